The first-order chi connectivity index (χ1) is 9.42. The first kappa shape index (κ1) is 14.6. The summed E-state index contributed by atoms with van der Waals surface area (Å²) in [5.41, 5.74) is 1.37. The van der Waals surface area contributed by atoms with Crippen molar-refractivity contribution in [3.05, 3.63) is 58.1 Å². The third-order valence-electron chi connectivity index (χ3n) is 2.65. The van der Waals surface area contributed by atoms with Crippen molar-refractivity contribution in [2.24, 2.45) is 0 Å². The maximum atomic E-state index is 12.3. The summed E-state index contributed by atoms with van der Waals surface area (Å²) in [5, 5.41) is 9.05. The Bertz CT molecular complexity index is 795. The second kappa shape index (κ2) is 5.65. The van der Waals surface area contributed by atoms with Crippen molar-refractivity contribution in [2.75, 3.05) is 4.72 Å². The molecule has 1 N–H and O–H groups in total. The number of sulfonamides is 1. The van der Waals surface area contributed by atoms with Crippen molar-refractivity contribution in [2.45, 2.75) is 11.8 Å². The fraction of sp³-hybridized carbons (Fsp3) is 0.0714. The van der Waals surface area contributed by atoms with Gasteiger partial charge in [0.25, 0.3) is 10.0 Å². The molecule has 0 saturated heterocycles. The summed E-state index contributed by atoms with van der Waals surface area (Å²) in [6.07, 6.45) is 0. The lowest BCUT2D eigenvalue weighted by molar-refractivity contribution is 0.601. The van der Waals surface area contributed by atoms with E-state index in [0.29, 0.717) is 4.47 Å². The predicted molar refractivity (Wildman–Crippen MR) is 80.8 cm³/mol. The number of nitrogens with zero attached hydrogens (tertiary/aromatic N) is 1. The number of hydrogen-bond donors (Lipinski definition) is 1. The molecule has 0 unspecified atom stereocenters. The van der Waals surface area contributed by atoms with Gasteiger partial charge in [0.05, 0.1) is 16.1 Å². The van der Waals surface area contributed by atoms with Crippen LogP contribution in [-0.2, 0) is 10.0 Å². The van der Waals surface area contributed by atoms with Gasteiger partial charge in [-0.2, -0.15) is 5.26 Å². The molecule has 20 heavy (non-hydrogen) atoms. The van der Waals surface area contributed by atoms with Crippen molar-refractivity contribution in [3.8, 4) is 6.07 Å². The summed E-state index contributed by atoms with van der Waals surface area (Å²) in [6, 6.07) is 13.3. The third kappa shape index (κ3) is 3.18. The van der Waals surface area contributed by atoms with Crippen LogP contribution in [0.15, 0.2) is 51.8 Å². The smallest absolute Gasteiger partial charge is 0.261 e. The normalized spacial score (nSPS) is 10.8. The lowest BCUT2D eigenvalue weighted by Gasteiger charge is -2.10. The van der Waals surface area contributed by atoms with Crippen LogP contribution in [0.5, 0.6) is 0 Å². The van der Waals surface area contributed by atoms with Crippen LogP contribution in [0.25, 0.3) is 0 Å². The minimum absolute atomic E-state index is 0.171. The van der Waals surface area contributed by atoms with E-state index in [1.54, 1.807) is 30.3 Å². The van der Waals surface area contributed by atoms with E-state index in [9.17, 15) is 8.42 Å². The number of rotatable bonds is 3. The molecule has 2 aromatic rings. The van der Waals surface area contributed by atoms with Gasteiger partial charge < -0.3 is 0 Å². The average molecular weight is 351 g/mol. The molecule has 4 nitrogen and oxygen atoms in total. The van der Waals surface area contributed by atoms with E-state index in [2.05, 4.69) is 20.7 Å². The van der Waals surface area contributed by atoms with Gasteiger partial charge in [0.1, 0.15) is 6.07 Å². The van der Waals surface area contributed by atoms with Crippen molar-refractivity contribution in [1.29, 1.82) is 5.26 Å². The van der Waals surface area contributed by atoms with E-state index >= 15 is 0 Å². The fourth-order valence-corrected chi connectivity index (χ4v) is 3.23. The van der Waals surface area contributed by atoms with Gasteiger partial charge >= 0.3 is 0 Å². The molecule has 0 aromatic heterocycles. The maximum Gasteiger partial charge on any atom is 0.261 e. The van der Waals surface area contributed by atoms with Gasteiger partial charge in [-0.05, 0) is 42.8 Å². The molecular weight excluding hydrogens is 340 g/mol. The minimum atomic E-state index is -3.70. The summed E-state index contributed by atoms with van der Waals surface area (Å²) in [4.78, 5) is 0.171. The van der Waals surface area contributed by atoms with Crippen molar-refractivity contribution in [1.82, 2.24) is 0 Å². The summed E-state index contributed by atoms with van der Waals surface area (Å²) < 4.78 is 27.7. The van der Waals surface area contributed by atoms with Gasteiger partial charge in [-0.1, -0.05) is 28.1 Å². The number of benzene rings is 2. The van der Waals surface area contributed by atoms with E-state index in [4.69, 9.17) is 5.26 Å². The molecule has 0 radical (unpaired) electrons. The minimum Gasteiger partial charge on any atom is -0.278 e. The second-order valence-corrected chi connectivity index (χ2v) is 6.82. The molecule has 6 heteroatoms. The van der Waals surface area contributed by atoms with Gasteiger partial charge in [0, 0.05) is 4.47 Å². The van der Waals surface area contributed by atoms with Crippen molar-refractivity contribution >= 4 is 31.6 Å². The molecule has 2 rings (SSSR count). The van der Waals surface area contributed by atoms with Crippen LogP contribution >= 0.6 is 15.9 Å². The van der Waals surface area contributed by atoms with Crippen LogP contribution in [0.2, 0.25) is 0 Å². The molecule has 0 atom stereocenters. The molecule has 0 spiro atoms. The van der Waals surface area contributed by atoms with Crippen LogP contribution in [0, 0.1) is 18.3 Å². The van der Waals surface area contributed by atoms with E-state index in [-0.39, 0.29) is 16.1 Å². The highest BCUT2D eigenvalue weighted by Crippen LogP contribution is 2.23. The molecule has 0 heterocycles. The Morgan fingerprint density at radius 2 is 1.95 bits per heavy atom. The monoisotopic (exact) mass is 350 g/mol. The van der Waals surface area contributed by atoms with Crippen molar-refractivity contribution < 1.29 is 8.42 Å². The highest BCUT2D eigenvalue weighted by Gasteiger charge is 2.16. The first-order valence-electron chi connectivity index (χ1n) is 5.71. The summed E-state index contributed by atoms with van der Waals surface area (Å²) >= 11 is 3.24. The van der Waals surface area contributed by atoms with Crippen LogP contribution < -0.4 is 4.72 Å². The fourth-order valence-electron chi connectivity index (χ4n) is 1.68. The highest BCUT2D eigenvalue weighted by atomic mass is 79.9. The highest BCUT2D eigenvalue weighted by molar-refractivity contribution is 9.10. The van der Waals surface area contributed by atoms with Crippen LogP contribution in [0.1, 0.15) is 11.1 Å². The maximum absolute atomic E-state index is 12.3. The van der Waals surface area contributed by atoms with Crippen molar-refractivity contribution in [3.63, 3.8) is 0 Å². The van der Waals surface area contributed by atoms with Gasteiger partial charge in [0.2, 0.25) is 0 Å². The lowest BCUT2D eigenvalue weighted by atomic mass is 10.2. The number of aryl methyl sites for hydroxylation is 1. The molecular formula is C14H11BrN2O2S. The molecule has 0 fully saturated rings. The molecule has 2 aromatic carbocycles. The van der Waals surface area contributed by atoms with E-state index < -0.39 is 10.0 Å². The average Bonchev–Trinajstić information content (AvgIpc) is 2.40. The Morgan fingerprint density at radius 3 is 2.60 bits per heavy atom. The number of anilines is 1. The van der Waals surface area contributed by atoms with Crippen LogP contribution in [0.4, 0.5) is 5.69 Å². The molecule has 0 aliphatic rings. The number of nitriles is 1. The summed E-state index contributed by atoms with van der Waals surface area (Å²) in [5.74, 6) is 0. The molecule has 0 aliphatic heterocycles. The van der Waals surface area contributed by atoms with Gasteiger partial charge in [-0.15, -0.1) is 0 Å². The quantitative estimate of drug-likeness (QED) is 0.921. The third-order valence-corrected chi connectivity index (χ3v) is 4.50. The van der Waals surface area contributed by atoms with Gasteiger partial charge in [-0.25, -0.2) is 8.42 Å². The lowest BCUT2D eigenvalue weighted by Crippen LogP contribution is -2.14. The van der Waals surface area contributed by atoms with Crippen LogP contribution in [0.3, 0.4) is 0 Å². The Balaban J connectivity index is 2.42. The topological polar surface area (TPSA) is 70.0 Å². The molecule has 102 valence electrons. The number of hydrogen-bond acceptors (Lipinski definition) is 3. The predicted octanol–water partition coefficient (Wildman–Crippen LogP) is 3.43. The number of nitrogens with one attached hydrogen (secondary N) is 1. The van der Waals surface area contributed by atoms with Gasteiger partial charge in [-0.3, -0.25) is 4.72 Å². The van der Waals surface area contributed by atoms with E-state index in [0.717, 1.165) is 5.56 Å². The zero-order chi connectivity index (χ0) is 14.8. The summed E-state index contributed by atoms with van der Waals surface area (Å²) in [7, 11) is -3.70. The Morgan fingerprint density at radius 1 is 1.20 bits per heavy atom. The molecule has 0 saturated carbocycles. The standard InChI is InChI=1S/C14H11BrN2O2S/c1-10-3-2-4-13(7-10)20(18,19)17-14-6-5-12(15)8-11(14)9-16/h2-8,17H,1H3. The molecule has 0 amide bonds. The van der Waals surface area contributed by atoms with Crippen LogP contribution in [-0.4, -0.2) is 8.42 Å². The Labute approximate surface area is 126 Å². The molecule has 0 bridgehead atoms. The molecule has 0 aliphatic carbocycles. The zero-order valence-electron chi connectivity index (χ0n) is 10.6. The SMILES string of the molecule is Cc1cccc(S(=O)(=O)Nc2ccc(Br)cc2C#N)c1. The zero-order valence-corrected chi connectivity index (χ0v) is 13.0. The first-order valence-corrected chi connectivity index (χ1v) is 7.99. The van der Waals surface area contributed by atoms with Gasteiger partial charge in [0.15, 0.2) is 0 Å². The Hall–Kier alpha value is -1.84. The second-order valence-electron chi connectivity index (χ2n) is 4.22. The van der Waals surface area contributed by atoms with E-state index in [1.165, 1.54) is 6.07 Å². The number of halogens is 1. The largest absolute Gasteiger partial charge is 0.278 e. The summed E-state index contributed by atoms with van der Waals surface area (Å²) in [6.45, 7) is 1.82. The van der Waals surface area contributed by atoms with E-state index in [1.807, 2.05) is 19.1 Å². The Kier molecular flexibility index (Phi) is 4.12.